The second kappa shape index (κ2) is 7.30. The van der Waals surface area contributed by atoms with Crippen LogP contribution in [0.15, 0.2) is 51.8 Å². The van der Waals surface area contributed by atoms with Crippen LogP contribution in [0, 0.1) is 6.92 Å². The van der Waals surface area contributed by atoms with Crippen molar-refractivity contribution in [3.05, 3.63) is 63.6 Å². The Bertz CT molecular complexity index is 581. The van der Waals surface area contributed by atoms with Crippen molar-refractivity contribution in [2.75, 3.05) is 0 Å². The third-order valence-corrected chi connectivity index (χ3v) is 4.87. The molecule has 0 saturated carbocycles. The van der Waals surface area contributed by atoms with Crippen molar-refractivity contribution in [2.24, 2.45) is 5.73 Å². The Labute approximate surface area is 134 Å². The van der Waals surface area contributed by atoms with Crippen molar-refractivity contribution in [3.63, 3.8) is 0 Å². The topological polar surface area (TPSA) is 26.0 Å². The molecule has 3 heteroatoms. The van der Waals surface area contributed by atoms with Gasteiger partial charge >= 0.3 is 0 Å². The number of hydrogen-bond donors (Lipinski definition) is 1. The summed E-state index contributed by atoms with van der Waals surface area (Å²) in [6.07, 6.45) is 0.912. The third kappa shape index (κ3) is 4.37. The average molecular weight is 350 g/mol. The van der Waals surface area contributed by atoms with Gasteiger partial charge in [0.05, 0.1) is 0 Å². The number of thioether (sulfide) groups is 1. The molecule has 2 aromatic carbocycles. The van der Waals surface area contributed by atoms with Crippen LogP contribution < -0.4 is 5.73 Å². The Morgan fingerprint density at radius 1 is 1.15 bits per heavy atom. The molecular formula is C17H20BrNS. The van der Waals surface area contributed by atoms with Gasteiger partial charge in [-0.25, -0.2) is 0 Å². The maximum atomic E-state index is 5.95. The van der Waals surface area contributed by atoms with Crippen LogP contribution in [0.25, 0.3) is 0 Å². The molecule has 20 heavy (non-hydrogen) atoms. The van der Waals surface area contributed by atoms with E-state index in [1.54, 1.807) is 0 Å². The lowest BCUT2D eigenvalue weighted by Gasteiger charge is -2.13. The summed E-state index contributed by atoms with van der Waals surface area (Å²) < 4.78 is 1.12. The quantitative estimate of drug-likeness (QED) is 0.773. The van der Waals surface area contributed by atoms with Crippen molar-refractivity contribution < 1.29 is 0 Å². The van der Waals surface area contributed by atoms with Crippen LogP contribution in [0.2, 0.25) is 0 Å². The number of aryl methyl sites for hydroxylation is 1. The van der Waals surface area contributed by atoms with Crippen molar-refractivity contribution in [2.45, 2.75) is 37.0 Å². The first kappa shape index (κ1) is 15.6. The average Bonchev–Trinajstić information content (AvgIpc) is 2.39. The standard InChI is InChI=1S/C17H20BrNS/c1-12-5-3-4-6-14(12)11-20-17-8-7-16(18)10-15(17)9-13(2)19/h3-8,10,13H,9,11,19H2,1-2H3. The van der Waals surface area contributed by atoms with Gasteiger partial charge in [-0.15, -0.1) is 11.8 Å². The van der Waals surface area contributed by atoms with E-state index in [1.807, 2.05) is 11.8 Å². The van der Waals surface area contributed by atoms with Crippen LogP contribution in [0.4, 0.5) is 0 Å². The lowest BCUT2D eigenvalue weighted by molar-refractivity contribution is 0.729. The normalized spacial score (nSPS) is 12.4. The molecule has 1 unspecified atom stereocenters. The van der Waals surface area contributed by atoms with Crippen molar-refractivity contribution in [1.82, 2.24) is 0 Å². The molecule has 0 bridgehead atoms. The van der Waals surface area contributed by atoms with E-state index >= 15 is 0 Å². The molecule has 0 amide bonds. The predicted octanol–water partition coefficient (Wildman–Crippen LogP) is 4.94. The third-order valence-electron chi connectivity index (χ3n) is 3.21. The summed E-state index contributed by atoms with van der Waals surface area (Å²) in [5.41, 5.74) is 10.0. The maximum absolute atomic E-state index is 5.95. The summed E-state index contributed by atoms with van der Waals surface area (Å²) in [5, 5.41) is 0. The van der Waals surface area contributed by atoms with E-state index in [1.165, 1.54) is 21.6 Å². The number of nitrogens with two attached hydrogens (primary N) is 1. The Kier molecular flexibility index (Phi) is 5.70. The predicted molar refractivity (Wildman–Crippen MR) is 92.2 cm³/mol. The first-order valence-electron chi connectivity index (χ1n) is 6.77. The highest BCUT2D eigenvalue weighted by Crippen LogP contribution is 2.30. The first-order chi connectivity index (χ1) is 9.56. The molecular weight excluding hydrogens is 330 g/mol. The summed E-state index contributed by atoms with van der Waals surface area (Å²) in [4.78, 5) is 1.33. The highest BCUT2D eigenvalue weighted by atomic mass is 79.9. The van der Waals surface area contributed by atoms with Crippen LogP contribution in [-0.4, -0.2) is 6.04 Å². The SMILES string of the molecule is Cc1ccccc1CSc1ccc(Br)cc1CC(C)N. The Balaban J connectivity index is 2.15. The van der Waals surface area contributed by atoms with Gasteiger partial charge in [0.15, 0.2) is 0 Å². The molecule has 1 nitrogen and oxygen atoms in total. The van der Waals surface area contributed by atoms with Gasteiger partial charge in [-0.05, 0) is 55.2 Å². The van der Waals surface area contributed by atoms with E-state index in [2.05, 4.69) is 72.2 Å². The van der Waals surface area contributed by atoms with Crippen molar-refractivity contribution in [3.8, 4) is 0 Å². The Morgan fingerprint density at radius 3 is 2.60 bits per heavy atom. The van der Waals surface area contributed by atoms with Gasteiger partial charge in [-0.2, -0.15) is 0 Å². The fourth-order valence-electron chi connectivity index (χ4n) is 2.12. The zero-order valence-corrected chi connectivity index (χ0v) is 14.3. The van der Waals surface area contributed by atoms with Crippen LogP contribution in [0.3, 0.4) is 0 Å². The van der Waals surface area contributed by atoms with E-state index in [-0.39, 0.29) is 6.04 Å². The lowest BCUT2D eigenvalue weighted by atomic mass is 10.1. The minimum absolute atomic E-state index is 0.183. The molecule has 0 aliphatic rings. The smallest absolute Gasteiger partial charge is 0.0234 e. The second-order valence-corrected chi connectivity index (χ2v) is 7.08. The molecule has 1 atom stereocenters. The molecule has 2 aromatic rings. The maximum Gasteiger partial charge on any atom is 0.0234 e. The number of rotatable bonds is 5. The highest BCUT2D eigenvalue weighted by molar-refractivity contribution is 9.10. The van der Waals surface area contributed by atoms with Gasteiger partial charge < -0.3 is 5.73 Å². The molecule has 0 spiro atoms. The van der Waals surface area contributed by atoms with E-state index in [0.29, 0.717) is 0 Å². The van der Waals surface area contributed by atoms with Gasteiger partial charge in [0, 0.05) is 21.2 Å². The van der Waals surface area contributed by atoms with Crippen molar-refractivity contribution in [1.29, 1.82) is 0 Å². The fourth-order valence-corrected chi connectivity index (χ4v) is 3.66. The second-order valence-electron chi connectivity index (χ2n) is 5.15. The summed E-state index contributed by atoms with van der Waals surface area (Å²) in [6, 6.07) is 15.2. The highest BCUT2D eigenvalue weighted by Gasteiger charge is 2.07. The Hall–Kier alpha value is -0.770. The van der Waals surface area contributed by atoms with Crippen LogP contribution >= 0.6 is 27.7 Å². The number of halogens is 1. The molecule has 0 heterocycles. The summed E-state index contributed by atoms with van der Waals surface area (Å²) in [7, 11) is 0. The zero-order chi connectivity index (χ0) is 14.5. The molecule has 0 radical (unpaired) electrons. The van der Waals surface area contributed by atoms with E-state index in [4.69, 9.17) is 5.73 Å². The van der Waals surface area contributed by atoms with Gasteiger partial charge in [0.2, 0.25) is 0 Å². The minimum Gasteiger partial charge on any atom is -0.328 e. The molecule has 0 aliphatic heterocycles. The monoisotopic (exact) mass is 349 g/mol. The largest absolute Gasteiger partial charge is 0.328 e. The lowest BCUT2D eigenvalue weighted by Crippen LogP contribution is -2.18. The summed E-state index contributed by atoms with van der Waals surface area (Å²) in [5.74, 6) is 1.00. The van der Waals surface area contributed by atoms with Crippen molar-refractivity contribution >= 4 is 27.7 Å². The molecule has 2 rings (SSSR count). The van der Waals surface area contributed by atoms with E-state index < -0.39 is 0 Å². The Morgan fingerprint density at radius 2 is 1.90 bits per heavy atom. The van der Waals surface area contributed by atoms with Gasteiger partial charge in [0.1, 0.15) is 0 Å². The number of benzene rings is 2. The summed E-state index contributed by atoms with van der Waals surface area (Å²) >= 11 is 5.43. The minimum atomic E-state index is 0.183. The molecule has 0 fully saturated rings. The molecule has 106 valence electrons. The first-order valence-corrected chi connectivity index (χ1v) is 8.55. The van der Waals surface area contributed by atoms with E-state index in [0.717, 1.165) is 16.6 Å². The number of hydrogen-bond acceptors (Lipinski definition) is 2. The zero-order valence-electron chi connectivity index (χ0n) is 11.9. The van der Waals surface area contributed by atoms with Gasteiger partial charge in [0.25, 0.3) is 0 Å². The molecule has 0 aliphatic carbocycles. The summed E-state index contributed by atoms with van der Waals surface area (Å²) in [6.45, 7) is 4.22. The van der Waals surface area contributed by atoms with Crippen LogP contribution in [0.5, 0.6) is 0 Å². The molecule has 2 N–H and O–H groups in total. The molecule has 0 aromatic heterocycles. The van der Waals surface area contributed by atoms with Gasteiger partial charge in [-0.3, -0.25) is 0 Å². The van der Waals surface area contributed by atoms with E-state index in [9.17, 15) is 0 Å². The van der Waals surface area contributed by atoms with Crippen LogP contribution in [0.1, 0.15) is 23.6 Å². The molecule has 0 saturated heterocycles. The van der Waals surface area contributed by atoms with Gasteiger partial charge in [-0.1, -0.05) is 40.2 Å². The van der Waals surface area contributed by atoms with Crippen LogP contribution in [-0.2, 0) is 12.2 Å². The fraction of sp³-hybridized carbons (Fsp3) is 0.294.